The lowest BCUT2D eigenvalue weighted by Crippen LogP contribution is -2.36. The maximum absolute atomic E-state index is 11.1. The summed E-state index contributed by atoms with van der Waals surface area (Å²) in [5.74, 6) is 0.0999. The van der Waals surface area contributed by atoms with Gasteiger partial charge in [-0.05, 0) is 12.8 Å². The number of carbonyl (C=O) groups is 1. The van der Waals surface area contributed by atoms with Crippen LogP contribution < -0.4 is 3.53 Å². The summed E-state index contributed by atoms with van der Waals surface area (Å²) in [5.41, 5.74) is 0. The van der Waals surface area contributed by atoms with Gasteiger partial charge in [-0.1, -0.05) is 13.8 Å². The van der Waals surface area contributed by atoms with Gasteiger partial charge in [0.2, 0.25) is 0 Å². The Hall–Kier alpha value is 0.160. The molecule has 0 saturated heterocycles. The molecule has 1 atom stereocenters. The van der Waals surface area contributed by atoms with E-state index in [4.69, 9.17) is 4.74 Å². The summed E-state index contributed by atoms with van der Waals surface area (Å²) in [6, 6.07) is -0.185. The van der Waals surface area contributed by atoms with Crippen molar-refractivity contribution in [2.75, 3.05) is 6.61 Å². The van der Waals surface area contributed by atoms with E-state index in [9.17, 15) is 4.79 Å². The molecule has 0 aromatic heterocycles. The molecular weight excluding hydrogens is 257 g/mol. The first-order valence-electron chi connectivity index (χ1n) is 3.66. The van der Waals surface area contributed by atoms with Crippen molar-refractivity contribution in [2.45, 2.75) is 26.8 Å². The van der Waals surface area contributed by atoms with E-state index in [1.54, 1.807) is 0 Å². The molecular formula is C7H14INO2. The summed E-state index contributed by atoms with van der Waals surface area (Å²) in [6.07, 6.45) is 0. The molecule has 0 aliphatic carbocycles. The second-order valence-corrected chi connectivity index (χ2v) is 3.21. The molecule has 11 heavy (non-hydrogen) atoms. The van der Waals surface area contributed by atoms with Gasteiger partial charge in [-0.15, -0.1) is 0 Å². The Balaban J connectivity index is 3.92. The molecule has 3 nitrogen and oxygen atoms in total. The van der Waals surface area contributed by atoms with Crippen LogP contribution in [0, 0.1) is 5.92 Å². The van der Waals surface area contributed by atoms with E-state index in [0.29, 0.717) is 6.61 Å². The molecule has 0 aliphatic heterocycles. The maximum atomic E-state index is 11.1. The van der Waals surface area contributed by atoms with Gasteiger partial charge in [0.1, 0.15) is 6.04 Å². The fraction of sp³-hybridized carbons (Fsp3) is 0.857. The summed E-state index contributed by atoms with van der Waals surface area (Å²) in [6.45, 7) is 6.21. The highest BCUT2D eigenvalue weighted by Crippen LogP contribution is 2.05. The predicted octanol–water partition coefficient (Wildman–Crippen LogP) is 1.51. The van der Waals surface area contributed by atoms with E-state index >= 15 is 0 Å². The van der Waals surface area contributed by atoms with Gasteiger partial charge in [0, 0.05) is 22.9 Å². The minimum Gasteiger partial charge on any atom is -0.465 e. The SMILES string of the molecule is CCOC(=O)[C@@H](NI)C(C)C. The molecule has 0 aromatic carbocycles. The number of hydrogen-bond donors (Lipinski definition) is 1. The lowest BCUT2D eigenvalue weighted by molar-refractivity contribution is -0.146. The summed E-state index contributed by atoms with van der Waals surface area (Å²) >= 11 is 1.97. The molecule has 0 amide bonds. The molecule has 0 saturated carbocycles. The first-order valence-corrected chi connectivity index (χ1v) is 4.74. The molecule has 0 heterocycles. The third-order valence-corrected chi connectivity index (χ3v) is 2.00. The van der Waals surface area contributed by atoms with Crippen molar-refractivity contribution in [3.8, 4) is 0 Å². The fourth-order valence-electron chi connectivity index (χ4n) is 0.675. The number of halogens is 1. The zero-order valence-electron chi connectivity index (χ0n) is 7.06. The van der Waals surface area contributed by atoms with Crippen LogP contribution in [0.4, 0.5) is 0 Å². The van der Waals surface area contributed by atoms with Crippen molar-refractivity contribution in [2.24, 2.45) is 5.92 Å². The van der Waals surface area contributed by atoms with E-state index in [1.807, 2.05) is 43.6 Å². The van der Waals surface area contributed by atoms with Gasteiger partial charge >= 0.3 is 5.97 Å². The van der Waals surface area contributed by atoms with E-state index in [2.05, 4.69) is 3.53 Å². The average molecular weight is 271 g/mol. The summed E-state index contributed by atoms with van der Waals surface area (Å²) < 4.78 is 7.73. The number of rotatable bonds is 4. The minimum absolute atomic E-state index is 0.170. The van der Waals surface area contributed by atoms with Gasteiger partial charge in [0.25, 0.3) is 0 Å². The van der Waals surface area contributed by atoms with Gasteiger partial charge in [0.15, 0.2) is 0 Å². The van der Waals surface area contributed by atoms with Crippen LogP contribution in [0.2, 0.25) is 0 Å². The largest absolute Gasteiger partial charge is 0.465 e. The Labute approximate surface area is 81.4 Å². The van der Waals surface area contributed by atoms with Crippen LogP contribution in [0.3, 0.4) is 0 Å². The van der Waals surface area contributed by atoms with E-state index in [0.717, 1.165) is 0 Å². The van der Waals surface area contributed by atoms with Crippen LogP contribution in [0.15, 0.2) is 0 Å². The van der Waals surface area contributed by atoms with Gasteiger partial charge in [-0.25, -0.2) is 3.53 Å². The lowest BCUT2D eigenvalue weighted by Gasteiger charge is -2.16. The fourth-order valence-corrected chi connectivity index (χ4v) is 1.65. The van der Waals surface area contributed by atoms with Crippen LogP contribution in [-0.4, -0.2) is 18.6 Å². The minimum atomic E-state index is -0.185. The number of carbonyl (C=O) groups excluding carboxylic acids is 1. The van der Waals surface area contributed by atoms with Gasteiger partial charge in [-0.3, -0.25) is 4.79 Å². The Morgan fingerprint density at radius 2 is 2.18 bits per heavy atom. The van der Waals surface area contributed by atoms with Gasteiger partial charge < -0.3 is 4.74 Å². The first kappa shape index (κ1) is 11.2. The van der Waals surface area contributed by atoms with E-state index < -0.39 is 0 Å². The second kappa shape index (κ2) is 5.77. The normalized spacial score (nSPS) is 13.2. The smallest absolute Gasteiger partial charge is 0.324 e. The molecule has 0 bridgehead atoms. The zero-order chi connectivity index (χ0) is 8.85. The lowest BCUT2D eigenvalue weighted by atomic mass is 10.1. The van der Waals surface area contributed by atoms with E-state index in [-0.39, 0.29) is 17.9 Å². The number of ether oxygens (including phenoxy) is 1. The molecule has 66 valence electrons. The topological polar surface area (TPSA) is 38.3 Å². The first-order chi connectivity index (χ1) is 5.13. The van der Waals surface area contributed by atoms with E-state index in [1.165, 1.54) is 0 Å². The zero-order valence-corrected chi connectivity index (χ0v) is 9.21. The average Bonchev–Trinajstić information content (AvgIpc) is 1.88. The molecule has 0 aliphatic rings. The third kappa shape index (κ3) is 3.91. The molecule has 0 aromatic rings. The quantitative estimate of drug-likeness (QED) is 0.478. The molecule has 4 heteroatoms. The Morgan fingerprint density at radius 3 is 2.45 bits per heavy atom. The Bertz CT molecular complexity index is 128. The summed E-state index contributed by atoms with van der Waals surface area (Å²) in [4.78, 5) is 11.1. The molecule has 0 spiro atoms. The standard InChI is InChI=1S/C7H14INO2/c1-4-11-7(10)6(9-8)5(2)3/h5-6,9H,4H2,1-3H3/t6-/m0/s1. The highest BCUT2D eigenvalue weighted by atomic mass is 127. The summed E-state index contributed by atoms with van der Waals surface area (Å²) in [7, 11) is 0. The van der Waals surface area contributed by atoms with Crippen LogP contribution in [0.25, 0.3) is 0 Å². The molecule has 0 radical (unpaired) electrons. The van der Waals surface area contributed by atoms with Crippen molar-refractivity contribution < 1.29 is 9.53 Å². The van der Waals surface area contributed by atoms with Crippen molar-refractivity contribution in [1.82, 2.24) is 3.53 Å². The molecule has 0 rings (SSSR count). The highest BCUT2D eigenvalue weighted by molar-refractivity contribution is 14.1. The van der Waals surface area contributed by atoms with Crippen LogP contribution in [0.1, 0.15) is 20.8 Å². The third-order valence-electron chi connectivity index (χ3n) is 1.32. The molecule has 1 N–H and O–H groups in total. The number of hydrogen-bond acceptors (Lipinski definition) is 3. The van der Waals surface area contributed by atoms with Gasteiger partial charge in [0.05, 0.1) is 6.61 Å². The predicted molar refractivity (Wildman–Crippen MR) is 52.4 cm³/mol. The van der Waals surface area contributed by atoms with Crippen LogP contribution in [0.5, 0.6) is 0 Å². The second-order valence-electron chi connectivity index (χ2n) is 2.58. The van der Waals surface area contributed by atoms with Crippen molar-refractivity contribution in [1.29, 1.82) is 0 Å². The van der Waals surface area contributed by atoms with Crippen molar-refractivity contribution in [3.63, 3.8) is 0 Å². The number of esters is 1. The maximum Gasteiger partial charge on any atom is 0.324 e. The Morgan fingerprint density at radius 1 is 1.64 bits per heavy atom. The van der Waals surface area contributed by atoms with Crippen molar-refractivity contribution in [3.05, 3.63) is 0 Å². The van der Waals surface area contributed by atoms with Crippen molar-refractivity contribution >= 4 is 28.8 Å². The molecule has 0 unspecified atom stereocenters. The highest BCUT2D eigenvalue weighted by Gasteiger charge is 2.21. The number of nitrogens with one attached hydrogen (secondary N) is 1. The van der Waals surface area contributed by atoms with Crippen LogP contribution >= 0.6 is 22.9 Å². The monoisotopic (exact) mass is 271 g/mol. The Kier molecular flexibility index (Phi) is 5.85. The summed E-state index contributed by atoms with van der Waals surface area (Å²) in [5, 5.41) is 0. The van der Waals surface area contributed by atoms with Gasteiger partial charge in [-0.2, -0.15) is 0 Å². The molecule has 0 fully saturated rings. The van der Waals surface area contributed by atoms with Crippen LogP contribution in [-0.2, 0) is 9.53 Å².